The van der Waals surface area contributed by atoms with E-state index < -0.39 is 0 Å². The lowest BCUT2D eigenvalue weighted by Crippen LogP contribution is -2.19. The zero-order valence-electron chi connectivity index (χ0n) is 11.9. The van der Waals surface area contributed by atoms with E-state index in [1.807, 2.05) is 13.8 Å². The predicted octanol–water partition coefficient (Wildman–Crippen LogP) is 2.84. The number of nitrogens with one attached hydrogen (secondary N) is 1. The summed E-state index contributed by atoms with van der Waals surface area (Å²) in [6, 6.07) is 0. The molecule has 0 aromatic carbocycles. The standard InChI is InChI=1S/C14H24N4O/c1-10(2)19-14-12(15)13(17-9-18-14)16-8-11-6-4-3-5-7-11/h9-11H,3-8,15H2,1-2H3,(H,16,17,18). The number of ether oxygens (including phenoxy) is 1. The third-order valence-electron chi connectivity index (χ3n) is 3.48. The van der Waals surface area contributed by atoms with Gasteiger partial charge in [-0.3, -0.25) is 0 Å². The third kappa shape index (κ3) is 3.98. The van der Waals surface area contributed by atoms with Gasteiger partial charge in [-0.05, 0) is 32.6 Å². The van der Waals surface area contributed by atoms with E-state index in [0.29, 0.717) is 17.4 Å². The normalized spacial score (nSPS) is 16.6. The first-order valence-electron chi connectivity index (χ1n) is 7.18. The van der Waals surface area contributed by atoms with Crippen LogP contribution in [0.5, 0.6) is 5.88 Å². The summed E-state index contributed by atoms with van der Waals surface area (Å²) in [5.74, 6) is 1.89. The summed E-state index contributed by atoms with van der Waals surface area (Å²) in [6.45, 7) is 4.84. The second-order valence-electron chi connectivity index (χ2n) is 5.49. The number of nitrogens with zero attached hydrogens (tertiary/aromatic N) is 2. The van der Waals surface area contributed by atoms with E-state index in [1.54, 1.807) is 0 Å². The largest absolute Gasteiger partial charge is 0.473 e. The monoisotopic (exact) mass is 264 g/mol. The Labute approximate surface area is 115 Å². The van der Waals surface area contributed by atoms with Crippen molar-refractivity contribution < 1.29 is 4.74 Å². The SMILES string of the molecule is CC(C)Oc1ncnc(NCC2CCCCC2)c1N. The molecule has 5 heteroatoms. The van der Waals surface area contributed by atoms with E-state index in [4.69, 9.17) is 10.5 Å². The maximum atomic E-state index is 6.03. The molecule has 0 atom stereocenters. The molecule has 19 heavy (non-hydrogen) atoms. The van der Waals surface area contributed by atoms with Gasteiger partial charge in [-0.25, -0.2) is 4.98 Å². The van der Waals surface area contributed by atoms with E-state index in [-0.39, 0.29) is 6.10 Å². The fraction of sp³-hybridized carbons (Fsp3) is 0.714. The molecule has 0 bridgehead atoms. The van der Waals surface area contributed by atoms with Gasteiger partial charge in [0.1, 0.15) is 12.0 Å². The van der Waals surface area contributed by atoms with Crippen LogP contribution in [0.4, 0.5) is 11.5 Å². The van der Waals surface area contributed by atoms with Crippen LogP contribution >= 0.6 is 0 Å². The van der Waals surface area contributed by atoms with Crippen LogP contribution in [0.1, 0.15) is 46.0 Å². The molecular formula is C14H24N4O. The van der Waals surface area contributed by atoms with Crippen molar-refractivity contribution in [2.45, 2.75) is 52.1 Å². The van der Waals surface area contributed by atoms with Gasteiger partial charge in [-0.1, -0.05) is 19.3 Å². The second kappa shape index (κ2) is 6.59. The molecule has 1 fully saturated rings. The molecule has 1 aliphatic rings. The summed E-state index contributed by atoms with van der Waals surface area (Å²) < 4.78 is 5.56. The molecule has 106 valence electrons. The minimum absolute atomic E-state index is 0.0587. The maximum absolute atomic E-state index is 6.03. The Morgan fingerprint density at radius 3 is 2.74 bits per heavy atom. The van der Waals surface area contributed by atoms with Gasteiger partial charge in [0.25, 0.3) is 0 Å². The molecule has 1 aromatic rings. The molecule has 0 spiro atoms. The molecule has 2 rings (SSSR count). The summed E-state index contributed by atoms with van der Waals surface area (Å²) in [7, 11) is 0. The van der Waals surface area contributed by atoms with Gasteiger partial charge in [-0.15, -0.1) is 0 Å². The highest BCUT2D eigenvalue weighted by atomic mass is 16.5. The number of hydrogen-bond acceptors (Lipinski definition) is 5. The van der Waals surface area contributed by atoms with Crippen molar-refractivity contribution >= 4 is 11.5 Å². The van der Waals surface area contributed by atoms with Crippen LogP contribution in [0.25, 0.3) is 0 Å². The Hall–Kier alpha value is -1.52. The number of aromatic nitrogens is 2. The zero-order chi connectivity index (χ0) is 13.7. The average molecular weight is 264 g/mol. The Morgan fingerprint density at radius 2 is 2.05 bits per heavy atom. The molecule has 1 aromatic heterocycles. The first-order valence-corrected chi connectivity index (χ1v) is 7.18. The number of anilines is 2. The van der Waals surface area contributed by atoms with Crippen LogP contribution < -0.4 is 15.8 Å². The fourth-order valence-corrected chi connectivity index (χ4v) is 2.47. The van der Waals surface area contributed by atoms with Gasteiger partial charge in [0, 0.05) is 6.54 Å². The summed E-state index contributed by atoms with van der Waals surface area (Å²) in [4.78, 5) is 8.28. The number of hydrogen-bond donors (Lipinski definition) is 2. The molecule has 1 heterocycles. The quantitative estimate of drug-likeness (QED) is 0.855. The Morgan fingerprint density at radius 1 is 1.32 bits per heavy atom. The average Bonchev–Trinajstić information content (AvgIpc) is 2.40. The minimum atomic E-state index is 0.0587. The highest BCUT2D eigenvalue weighted by Gasteiger charge is 2.15. The summed E-state index contributed by atoms with van der Waals surface area (Å²) in [6.07, 6.45) is 8.21. The number of rotatable bonds is 5. The van der Waals surface area contributed by atoms with Crippen molar-refractivity contribution in [1.82, 2.24) is 9.97 Å². The van der Waals surface area contributed by atoms with E-state index >= 15 is 0 Å². The topological polar surface area (TPSA) is 73.1 Å². The van der Waals surface area contributed by atoms with Gasteiger partial charge in [-0.2, -0.15) is 4.98 Å². The van der Waals surface area contributed by atoms with Crippen LogP contribution in [-0.2, 0) is 0 Å². The molecule has 0 saturated heterocycles. The van der Waals surface area contributed by atoms with Crippen molar-refractivity contribution in [2.24, 2.45) is 5.92 Å². The number of nitrogens with two attached hydrogens (primary N) is 1. The first kappa shape index (κ1) is 13.9. The van der Waals surface area contributed by atoms with Crippen LogP contribution in [-0.4, -0.2) is 22.6 Å². The van der Waals surface area contributed by atoms with Gasteiger partial charge in [0.05, 0.1) is 6.10 Å². The van der Waals surface area contributed by atoms with Crippen LogP contribution in [0.3, 0.4) is 0 Å². The van der Waals surface area contributed by atoms with Gasteiger partial charge < -0.3 is 15.8 Å². The lowest BCUT2D eigenvalue weighted by atomic mass is 9.89. The lowest BCUT2D eigenvalue weighted by Gasteiger charge is -2.22. The Balaban J connectivity index is 1.95. The third-order valence-corrected chi connectivity index (χ3v) is 3.48. The highest BCUT2D eigenvalue weighted by Crippen LogP contribution is 2.27. The predicted molar refractivity (Wildman–Crippen MR) is 77.3 cm³/mol. The van der Waals surface area contributed by atoms with Crippen molar-refractivity contribution in [3.8, 4) is 5.88 Å². The van der Waals surface area contributed by atoms with Crippen molar-refractivity contribution in [3.05, 3.63) is 6.33 Å². The van der Waals surface area contributed by atoms with Crippen molar-refractivity contribution in [2.75, 3.05) is 17.6 Å². The van der Waals surface area contributed by atoms with E-state index in [9.17, 15) is 0 Å². The molecule has 0 unspecified atom stereocenters. The number of nitrogen functional groups attached to an aromatic ring is 1. The van der Waals surface area contributed by atoms with Crippen LogP contribution in [0.2, 0.25) is 0 Å². The molecule has 5 nitrogen and oxygen atoms in total. The van der Waals surface area contributed by atoms with Crippen molar-refractivity contribution in [1.29, 1.82) is 0 Å². The van der Waals surface area contributed by atoms with Gasteiger partial charge in [0.2, 0.25) is 5.88 Å². The fourth-order valence-electron chi connectivity index (χ4n) is 2.47. The van der Waals surface area contributed by atoms with E-state index in [0.717, 1.165) is 12.5 Å². The van der Waals surface area contributed by atoms with Gasteiger partial charge in [0.15, 0.2) is 5.82 Å². The molecule has 1 saturated carbocycles. The van der Waals surface area contributed by atoms with Crippen LogP contribution in [0, 0.1) is 5.92 Å². The molecule has 0 amide bonds. The minimum Gasteiger partial charge on any atom is -0.473 e. The first-order chi connectivity index (χ1) is 9.16. The smallest absolute Gasteiger partial charge is 0.242 e. The Bertz CT molecular complexity index is 402. The summed E-state index contributed by atoms with van der Waals surface area (Å²) >= 11 is 0. The highest BCUT2D eigenvalue weighted by molar-refractivity contribution is 5.66. The molecule has 0 radical (unpaired) electrons. The lowest BCUT2D eigenvalue weighted by molar-refractivity contribution is 0.234. The molecule has 1 aliphatic carbocycles. The molecular weight excluding hydrogens is 240 g/mol. The van der Waals surface area contributed by atoms with Crippen LogP contribution in [0.15, 0.2) is 6.33 Å². The van der Waals surface area contributed by atoms with E-state index in [1.165, 1.54) is 38.4 Å². The summed E-state index contributed by atoms with van der Waals surface area (Å²) in [5.41, 5.74) is 6.54. The summed E-state index contributed by atoms with van der Waals surface area (Å²) in [5, 5.41) is 3.34. The molecule has 3 N–H and O–H groups in total. The second-order valence-corrected chi connectivity index (χ2v) is 5.49. The maximum Gasteiger partial charge on any atom is 0.242 e. The van der Waals surface area contributed by atoms with E-state index in [2.05, 4.69) is 15.3 Å². The Kier molecular flexibility index (Phi) is 4.82. The molecule has 0 aliphatic heterocycles. The van der Waals surface area contributed by atoms with Gasteiger partial charge >= 0.3 is 0 Å². The van der Waals surface area contributed by atoms with Crippen molar-refractivity contribution in [3.63, 3.8) is 0 Å². The zero-order valence-corrected chi connectivity index (χ0v) is 11.9.